The average molecular weight is 176 g/mol. The number of hydroxylamine groups is 1. The van der Waals surface area contributed by atoms with Crippen molar-refractivity contribution < 1.29 is 5.21 Å². The van der Waals surface area contributed by atoms with E-state index in [1.807, 2.05) is 24.3 Å². The Morgan fingerprint density at radius 3 is 2.92 bits per heavy atom. The molecular weight excluding hydrogens is 168 g/mol. The molecule has 4 N–H and O–H groups in total. The van der Waals surface area contributed by atoms with Gasteiger partial charge in [0.25, 0.3) is 0 Å². The number of H-pyrrole nitrogens is 1. The highest BCUT2D eigenvalue weighted by molar-refractivity contribution is 5.95. The lowest BCUT2D eigenvalue weighted by Crippen LogP contribution is -2.19. The Kier molecular flexibility index (Phi) is 1.71. The van der Waals surface area contributed by atoms with Gasteiger partial charge in [0.15, 0.2) is 11.7 Å². The Labute approximate surface area is 73.9 Å². The number of nitrogens with zero attached hydrogens (tertiary/aromatic N) is 1. The summed E-state index contributed by atoms with van der Waals surface area (Å²) in [6, 6.07) is 7.43. The van der Waals surface area contributed by atoms with Crippen LogP contribution in [0.25, 0.3) is 11.0 Å². The second-order valence-corrected chi connectivity index (χ2v) is 2.59. The first kappa shape index (κ1) is 7.75. The second-order valence-electron chi connectivity index (χ2n) is 2.59. The van der Waals surface area contributed by atoms with Crippen LogP contribution in [0.1, 0.15) is 5.82 Å². The summed E-state index contributed by atoms with van der Waals surface area (Å²) in [6.07, 6.45) is 0. The summed E-state index contributed by atoms with van der Waals surface area (Å²) in [7, 11) is 0. The predicted molar refractivity (Wildman–Crippen MR) is 47.8 cm³/mol. The third-order valence-corrected chi connectivity index (χ3v) is 1.74. The highest BCUT2D eigenvalue weighted by Crippen LogP contribution is 2.09. The topological polar surface area (TPSA) is 84.8 Å². The van der Waals surface area contributed by atoms with Crippen molar-refractivity contribution in [1.82, 2.24) is 15.4 Å². The molecule has 13 heavy (non-hydrogen) atoms. The fourth-order valence-corrected chi connectivity index (χ4v) is 1.12. The minimum absolute atomic E-state index is 0.142. The smallest absolute Gasteiger partial charge is 0.185 e. The third-order valence-electron chi connectivity index (χ3n) is 1.74. The maximum absolute atomic E-state index is 8.48. The van der Waals surface area contributed by atoms with Crippen LogP contribution in [0, 0.1) is 5.41 Å². The first-order valence-electron chi connectivity index (χ1n) is 3.75. The Hall–Kier alpha value is -1.88. The lowest BCUT2D eigenvalue weighted by Gasteiger charge is -1.93. The molecule has 1 aromatic carbocycles. The van der Waals surface area contributed by atoms with E-state index in [0.717, 1.165) is 11.0 Å². The summed E-state index contributed by atoms with van der Waals surface area (Å²) in [4.78, 5) is 6.97. The molecule has 0 saturated carbocycles. The number of aromatic amines is 1. The Morgan fingerprint density at radius 1 is 1.46 bits per heavy atom. The largest absolute Gasteiger partial charge is 0.335 e. The molecule has 0 bridgehead atoms. The van der Waals surface area contributed by atoms with Gasteiger partial charge < -0.3 is 4.98 Å². The first-order valence-corrected chi connectivity index (χ1v) is 3.75. The van der Waals surface area contributed by atoms with E-state index in [4.69, 9.17) is 10.6 Å². The van der Waals surface area contributed by atoms with Crippen molar-refractivity contribution >= 4 is 16.9 Å². The number of rotatable bonds is 1. The number of fused-ring (bicyclic) bond motifs is 1. The monoisotopic (exact) mass is 176 g/mol. The zero-order valence-corrected chi connectivity index (χ0v) is 6.70. The van der Waals surface area contributed by atoms with Crippen molar-refractivity contribution in [3.05, 3.63) is 30.1 Å². The SMILES string of the molecule is N=C(NO)c1nc2ccccc2[nH]1. The molecule has 66 valence electrons. The molecule has 0 aliphatic rings. The molecular formula is C8H8N4O. The summed E-state index contributed by atoms with van der Waals surface area (Å²) < 4.78 is 0. The van der Waals surface area contributed by atoms with Crippen LogP contribution in [0.3, 0.4) is 0 Å². The highest BCUT2D eigenvalue weighted by Gasteiger charge is 2.05. The van der Waals surface area contributed by atoms with Crippen molar-refractivity contribution in [3.63, 3.8) is 0 Å². The van der Waals surface area contributed by atoms with Gasteiger partial charge in [0.1, 0.15) is 0 Å². The van der Waals surface area contributed by atoms with Gasteiger partial charge in [0.05, 0.1) is 11.0 Å². The van der Waals surface area contributed by atoms with Gasteiger partial charge in [-0.2, -0.15) is 0 Å². The summed E-state index contributed by atoms with van der Waals surface area (Å²) in [5.41, 5.74) is 3.35. The molecule has 5 nitrogen and oxygen atoms in total. The van der Waals surface area contributed by atoms with Crippen molar-refractivity contribution in [2.75, 3.05) is 0 Å². The fraction of sp³-hybridized carbons (Fsp3) is 0. The zero-order chi connectivity index (χ0) is 9.26. The highest BCUT2D eigenvalue weighted by atomic mass is 16.5. The van der Waals surface area contributed by atoms with Crippen LogP contribution >= 0.6 is 0 Å². The Morgan fingerprint density at radius 2 is 2.23 bits per heavy atom. The van der Waals surface area contributed by atoms with Crippen LogP contribution in [0.2, 0.25) is 0 Å². The van der Waals surface area contributed by atoms with Gasteiger partial charge in [-0.25, -0.2) is 10.5 Å². The average Bonchev–Trinajstić information content (AvgIpc) is 2.59. The molecule has 0 fully saturated rings. The molecule has 2 aromatic rings. The van der Waals surface area contributed by atoms with Crippen molar-refractivity contribution in [3.8, 4) is 0 Å². The van der Waals surface area contributed by atoms with Gasteiger partial charge in [-0.3, -0.25) is 10.6 Å². The molecule has 0 saturated heterocycles. The first-order chi connectivity index (χ1) is 6.31. The maximum atomic E-state index is 8.48. The van der Waals surface area contributed by atoms with E-state index in [1.165, 1.54) is 0 Å². The predicted octanol–water partition coefficient (Wildman–Crippen LogP) is 0.867. The van der Waals surface area contributed by atoms with Crippen LogP contribution in [0.5, 0.6) is 0 Å². The molecule has 0 aliphatic heterocycles. The van der Waals surface area contributed by atoms with Gasteiger partial charge in [-0.1, -0.05) is 12.1 Å². The lowest BCUT2D eigenvalue weighted by molar-refractivity contribution is 0.233. The summed E-state index contributed by atoms with van der Waals surface area (Å²) in [6.45, 7) is 0. The molecule has 0 unspecified atom stereocenters. The lowest BCUT2D eigenvalue weighted by atomic mass is 10.3. The van der Waals surface area contributed by atoms with Crippen LogP contribution in [-0.2, 0) is 0 Å². The minimum atomic E-state index is -0.142. The number of benzene rings is 1. The summed E-state index contributed by atoms with van der Waals surface area (Å²) in [5, 5.41) is 15.7. The number of para-hydroxylation sites is 2. The number of nitrogens with one attached hydrogen (secondary N) is 3. The summed E-state index contributed by atoms with van der Waals surface area (Å²) >= 11 is 0. The van der Waals surface area contributed by atoms with Crippen molar-refractivity contribution in [1.29, 1.82) is 5.41 Å². The Balaban J connectivity index is 2.56. The van der Waals surface area contributed by atoms with Crippen LogP contribution in [0.15, 0.2) is 24.3 Å². The molecule has 5 heteroatoms. The van der Waals surface area contributed by atoms with E-state index >= 15 is 0 Å². The van der Waals surface area contributed by atoms with E-state index < -0.39 is 0 Å². The fourth-order valence-electron chi connectivity index (χ4n) is 1.12. The van der Waals surface area contributed by atoms with Crippen LogP contribution < -0.4 is 5.48 Å². The minimum Gasteiger partial charge on any atom is -0.335 e. The van der Waals surface area contributed by atoms with Gasteiger partial charge in [-0.05, 0) is 12.1 Å². The molecule has 1 heterocycles. The zero-order valence-electron chi connectivity index (χ0n) is 6.70. The van der Waals surface area contributed by atoms with E-state index in [-0.39, 0.29) is 5.84 Å². The van der Waals surface area contributed by atoms with Crippen molar-refractivity contribution in [2.45, 2.75) is 0 Å². The van der Waals surface area contributed by atoms with Gasteiger partial charge >= 0.3 is 0 Å². The molecule has 0 spiro atoms. The van der Waals surface area contributed by atoms with E-state index in [2.05, 4.69) is 9.97 Å². The maximum Gasteiger partial charge on any atom is 0.185 e. The molecule has 0 radical (unpaired) electrons. The number of hydrogen-bond acceptors (Lipinski definition) is 3. The van der Waals surface area contributed by atoms with Crippen LogP contribution in [0.4, 0.5) is 0 Å². The van der Waals surface area contributed by atoms with Gasteiger partial charge in [-0.15, -0.1) is 0 Å². The summed E-state index contributed by atoms with van der Waals surface area (Å²) in [5.74, 6) is 0.180. The van der Waals surface area contributed by atoms with Gasteiger partial charge in [0, 0.05) is 0 Å². The standard InChI is InChI=1S/C8H8N4O/c9-7(12-13)8-10-5-3-1-2-4-6(5)11-8/h1-4,13H,(H2,9,12)(H,10,11). The third kappa shape index (κ3) is 1.25. The Bertz CT molecular complexity index is 415. The quantitative estimate of drug-likeness (QED) is 0.295. The molecule has 0 atom stereocenters. The number of aromatic nitrogens is 2. The van der Waals surface area contributed by atoms with Crippen LogP contribution in [-0.4, -0.2) is 21.0 Å². The number of imidazole rings is 1. The molecule has 0 aliphatic carbocycles. The number of amidine groups is 1. The van der Waals surface area contributed by atoms with E-state index in [0.29, 0.717) is 5.82 Å². The van der Waals surface area contributed by atoms with Gasteiger partial charge in [0.2, 0.25) is 0 Å². The molecule has 0 amide bonds. The molecule has 1 aromatic heterocycles. The van der Waals surface area contributed by atoms with E-state index in [9.17, 15) is 0 Å². The normalized spacial score (nSPS) is 10.2. The second kappa shape index (κ2) is 2.87. The van der Waals surface area contributed by atoms with E-state index in [1.54, 1.807) is 5.48 Å². The number of hydrogen-bond donors (Lipinski definition) is 4. The van der Waals surface area contributed by atoms with Crippen molar-refractivity contribution in [2.24, 2.45) is 0 Å². The molecule has 2 rings (SSSR count).